The van der Waals surface area contributed by atoms with E-state index in [9.17, 15) is 4.79 Å². The van der Waals surface area contributed by atoms with Gasteiger partial charge in [0.05, 0.1) is 5.71 Å². The van der Waals surface area contributed by atoms with Gasteiger partial charge in [0.1, 0.15) is 0 Å². The van der Waals surface area contributed by atoms with Crippen molar-refractivity contribution in [2.75, 3.05) is 19.0 Å². The van der Waals surface area contributed by atoms with E-state index in [2.05, 4.69) is 10.5 Å². The predicted octanol–water partition coefficient (Wildman–Crippen LogP) is 3.94. The first-order chi connectivity index (χ1) is 12.6. The van der Waals surface area contributed by atoms with E-state index in [1.807, 2.05) is 91.8 Å². The molecule has 3 rings (SSSR count). The van der Waals surface area contributed by atoms with Gasteiger partial charge in [0.2, 0.25) is 0 Å². The molecule has 0 spiro atoms. The van der Waals surface area contributed by atoms with Crippen LogP contribution in [0.1, 0.15) is 21.5 Å². The molecule has 3 aromatic carbocycles. The highest BCUT2D eigenvalue weighted by Gasteiger charge is 2.09. The van der Waals surface area contributed by atoms with Gasteiger partial charge in [-0.3, -0.25) is 4.79 Å². The van der Waals surface area contributed by atoms with E-state index in [-0.39, 0.29) is 5.91 Å². The Hall–Kier alpha value is -3.40. The second-order valence-electron chi connectivity index (χ2n) is 6.07. The molecule has 26 heavy (non-hydrogen) atoms. The number of hydrogen-bond acceptors (Lipinski definition) is 3. The van der Waals surface area contributed by atoms with Crippen LogP contribution in [-0.4, -0.2) is 25.7 Å². The smallest absolute Gasteiger partial charge is 0.271 e. The van der Waals surface area contributed by atoms with Crippen LogP contribution in [-0.2, 0) is 0 Å². The van der Waals surface area contributed by atoms with E-state index in [4.69, 9.17) is 0 Å². The predicted molar refractivity (Wildman–Crippen MR) is 107 cm³/mol. The van der Waals surface area contributed by atoms with E-state index < -0.39 is 0 Å². The fraction of sp³-hybridized carbons (Fsp3) is 0.0909. The Kier molecular flexibility index (Phi) is 5.44. The fourth-order valence-electron chi connectivity index (χ4n) is 2.57. The molecule has 1 amide bonds. The molecule has 0 aliphatic heterocycles. The summed E-state index contributed by atoms with van der Waals surface area (Å²) >= 11 is 0. The molecular formula is C22H21N3O. The number of carbonyl (C=O) groups excluding carboxylic acids is 1. The number of nitrogens with one attached hydrogen (secondary N) is 1. The van der Waals surface area contributed by atoms with E-state index >= 15 is 0 Å². The van der Waals surface area contributed by atoms with Crippen LogP contribution < -0.4 is 10.3 Å². The summed E-state index contributed by atoms with van der Waals surface area (Å²) in [5.74, 6) is -0.232. The van der Waals surface area contributed by atoms with E-state index in [0.717, 1.165) is 22.5 Å². The molecule has 0 heterocycles. The number of benzene rings is 3. The fourth-order valence-corrected chi connectivity index (χ4v) is 2.57. The van der Waals surface area contributed by atoms with Gasteiger partial charge in [-0.25, -0.2) is 5.43 Å². The minimum absolute atomic E-state index is 0.232. The molecule has 1 N–H and O–H groups in total. The molecule has 0 bridgehead atoms. The molecular weight excluding hydrogens is 322 g/mol. The lowest BCUT2D eigenvalue weighted by molar-refractivity contribution is 0.0955. The van der Waals surface area contributed by atoms with Crippen LogP contribution in [0.2, 0.25) is 0 Å². The first-order valence-corrected chi connectivity index (χ1v) is 8.41. The highest BCUT2D eigenvalue weighted by Crippen LogP contribution is 2.16. The molecule has 3 aromatic rings. The van der Waals surface area contributed by atoms with Gasteiger partial charge in [-0.2, -0.15) is 5.10 Å². The zero-order valence-corrected chi connectivity index (χ0v) is 14.9. The molecule has 0 aromatic heterocycles. The van der Waals surface area contributed by atoms with Crippen molar-refractivity contribution in [1.29, 1.82) is 0 Å². The Morgan fingerprint density at radius 3 is 1.77 bits per heavy atom. The second kappa shape index (κ2) is 8.12. The van der Waals surface area contributed by atoms with Crippen molar-refractivity contribution in [3.8, 4) is 0 Å². The SMILES string of the molecule is CN(C)c1ccc(C(=NNC(=O)c2ccccc2)c2ccccc2)cc1. The van der Waals surface area contributed by atoms with E-state index in [1.54, 1.807) is 12.1 Å². The first kappa shape index (κ1) is 17.4. The number of rotatable bonds is 5. The van der Waals surface area contributed by atoms with E-state index in [0.29, 0.717) is 5.56 Å². The maximum absolute atomic E-state index is 12.3. The lowest BCUT2D eigenvalue weighted by atomic mass is 10.0. The third-order valence-corrected chi connectivity index (χ3v) is 4.01. The van der Waals surface area contributed by atoms with Crippen molar-refractivity contribution in [3.63, 3.8) is 0 Å². The van der Waals surface area contributed by atoms with E-state index in [1.165, 1.54) is 0 Å². The third kappa shape index (κ3) is 4.16. The Balaban J connectivity index is 1.92. The second-order valence-corrected chi connectivity index (χ2v) is 6.07. The summed E-state index contributed by atoms with van der Waals surface area (Å²) in [7, 11) is 4.00. The van der Waals surface area contributed by atoms with Crippen molar-refractivity contribution >= 4 is 17.3 Å². The number of anilines is 1. The normalized spacial score (nSPS) is 11.1. The molecule has 0 aliphatic rings. The topological polar surface area (TPSA) is 44.7 Å². The highest BCUT2D eigenvalue weighted by molar-refractivity contribution is 6.13. The third-order valence-electron chi connectivity index (χ3n) is 4.01. The number of amides is 1. The molecule has 0 atom stereocenters. The van der Waals surface area contributed by atoms with Crippen molar-refractivity contribution < 1.29 is 4.79 Å². The Morgan fingerprint density at radius 1 is 0.731 bits per heavy atom. The van der Waals surface area contributed by atoms with Gasteiger partial charge in [-0.15, -0.1) is 0 Å². The number of hydrogen-bond donors (Lipinski definition) is 1. The maximum atomic E-state index is 12.3. The van der Waals surface area contributed by atoms with Crippen molar-refractivity contribution in [3.05, 3.63) is 102 Å². The van der Waals surface area contributed by atoms with Gasteiger partial charge in [-0.05, 0) is 24.3 Å². The highest BCUT2D eigenvalue weighted by atomic mass is 16.2. The number of carbonyl (C=O) groups is 1. The van der Waals surface area contributed by atoms with Crippen LogP contribution in [0.15, 0.2) is 90.0 Å². The van der Waals surface area contributed by atoms with Crippen LogP contribution in [0.4, 0.5) is 5.69 Å². The molecule has 4 nitrogen and oxygen atoms in total. The van der Waals surface area contributed by atoms with Crippen LogP contribution in [0.5, 0.6) is 0 Å². The zero-order chi connectivity index (χ0) is 18.4. The van der Waals surface area contributed by atoms with Crippen LogP contribution in [0.25, 0.3) is 0 Å². The molecule has 0 fully saturated rings. The van der Waals surface area contributed by atoms with Gasteiger partial charge in [-0.1, -0.05) is 60.7 Å². The first-order valence-electron chi connectivity index (χ1n) is 8.41. The van der Waals surface area contributed by atoms with Gasteiger partial charge in [0, 0.05) is 36.5 Å². The summed E-state index contributed by atoms with van der Waals surface area (Å²) in [5, 5.41) is 4.42. The Labute approximate surface area is 153 Å². The van der Waals surface area contributed by atoms with Gasteiger partial charge in [0.25, 0.3) is 5.91 Å². The molecule has 0 aliphatic carbocycles. The quantitative estimate of drug-likeness (QED) is 0.563. The van der Waals surface area contributed by atoms with Gasteiger partial charge < -0.3 is 4.90 Å². The Bertz CT molecular complexity index is 886. The van der Waals surface area contributed by atoms with Crippen LogP contribution in [0, 0.1) is 0 Å². The largest absolute Gasteiger partial charge is 0.378 e. The maximum Gasteiger partial charge on any atom is 0.271 e. The van der Waals surface area contributed by atoms with Crippen molar-refractivity contribution in [2.45, 2.75) is 0 Å². The lowest BCUT2D eigenvalue weighted by Crippen LogP contribution is -2.20. The molecule has 0 unspecified atom stereocenters. The summed E-state index contributed by atoms with van der Waals surface area (Å²) < 4.78 is 0. The van der Waals surface area contributed by atoms with Crippen LogP contribution in [0.3, 0.4) is 0 Å². The standard InChI is InChI=1S/C22H21N3O/c1-25(2)20-15-13-18(14-16-20)21(17-9-5-3-6-10-17)23-24-22(26)19-11-7-4-8-12-19/h3-16H,1-2H3,(H,24,26). The summed E-state index contributed by atoms with van der Waals surface area (Å²) in [6.07, 6.45) is 0. The minimum Gasteiger partial charge on any atom is -0.378 e. The van der Waals surface area contributed by atoms with Crippen molar-refractivity contribution in [2.24, 2.45) is 5.10 Å². The van der Waals surface area contributed by atoms with Crippen LogP contribution >= 0.6 is 0 Å². The van der Waals surface area contributed by atoms with Crippen molar-refractivity contribution in [1.82, 2.24) is 5.43 Å². The molecule has 0 saturated carbocycles. The Morgan fingerprint density at radius 2 is 1.23 bits per heavy atom. The van der Waals surface area contributed by atoms with Gasteiger partial charge >= 0.3 is 0 Å². The number of nitrogens with zero attached hydrogens (tertiary/aromatic N) is 2. The average Bonchev–Trinajstić information content (AvgIpc) is 2.70. The summed E-state index contributed by atoms with van der Waals surface area (Å²) in [6.45, 7) is 0. The summed E-state index contributed by atoms with van der Waals surface area (Å²) in [4.78, 5) is 14.4. The average molecular weight is 343 g/mol. The minimum atomic E-state index is -0.232. The summed E-state index contributed by atoms with van der Waals surface area (Å²) in [5.41, 5.74) is 6.96. The summed E-state index contributed by atoms with van der Waals surface area (Å²) in [6, 6.07) is 27.0. The number of hydrazone groups is 1. The zero-order valence-electron chi connectivity index (χ0n) is 14.9. The molecule has 0 radical (unpaired) electrons. The molecule has 0 saturated heterocycles. The molecule has 4 heteroatoms. The lowest BCUT2D eigenvalue weighted by Gasteiger charge is -2.13. The van der Waals surface area contributed by atoms with Gasteiger partial charge in [0.15, 0.2) is 0 Å². The molecule has 130 valence electrons. The monoisotopic (exact) mass is 343 g/mol.